The fraction of sp³-hybridized carbons (Fsp3) is 0.923. The lowest BCUT2D eigenvalue weighted by Crippen LogP contribution is -2.58. The first-order valence-corrected chi connectivity index (χ1v) is 6.93. The van der Waals surface area contributed by atoms with Crippen molar-refractivity contribution in [2.75, 3.05) is 26.2 Å². The number of carbonyl (C=O) groups is 1. The number of hydrogen-bond donors (Lipinski definition) is 2. The van der Waals surface area contributed by atoms with Crippen molar-refractivity contribution in [1.29, 1.82) is 0 Å². The summed E-state index contributed by atoms with van der Waals surface area (Å²) in [7, 11) is 0. The second-order valence-corrected chi connectivity index (χ2v) is 5.56. The second-order valence-electron chi connectivity index (χ2n) is 5.56. The number of nitrogens with two attached hydrogens (primary N) is 1. The molecule has 18 heavy (non-hydrogen) atoms. The summed E-state index contributed by atoms with van der Waals surface area (Å²) >= 11 is 0. The number of nitrogens with zero attached hydrogens (tertiary/aromatic N) is 1. The van der Waals surface area contributed by atoms with Gasteiger partial charge in [0.1, 0.15) is 0 Å². The van der Waals surface area contributed by atoms with E-state index in [4.69, 9.17) is 10.5 Å². The lowest BCUT2D eigenvalue weighted by Gasteiger charge is -2.38. The molecule has 2 saturated heterocycles. The Kier molecular flexibility index (Phi) is 4.25. The SMILES string of the molecule is CC1OC(C)C(C(=O)N2CCNCC2CN)C1C. The topological polar surface area (TPSA) is 67.6 Å². The van der Waals surface area contributed by atoms with Crippen molar-refractivity contribution < 1.29 is 9.53 Å². The zero-order valence-corrected chi connectivity index (χ0v) is 11.6. The van der Waals surface area contributed by atoms with Gasteiger partial charge in [-0.25, -0.2) is 0 Å². The molecule has 2 aliphatic rings. The molecule has 0 aromatic heterocycles. The number of amides is 1. The molecule has 2 aliphatic heterocycles. The number of piperazine rings is 1. The van der Waals surface area contributed by atoms with Gasteiger partial charge in [0, 0.05) is 26.2 Å². The minimum Gasteiger partial charge on any atom is -0.374 e. The van der Waals surface area contributed by atoms with Gasteiger partial charge < -0.3 is 20.7 Å². The van der Waals surface area contributed by atoms with Crippen LogP contribution in [0, 0.1) is 11.8 Å². The third-order valence-corrected chi connectivity index (χ3v) is 4.43. The Balaban J connectivity index is 2.10. The van der Waals surface area contributed by atoms with Crippen LogP contribution in [0.4, 0.5) is 0 Å². The summed E-state index contributed by atoms with van der Waals surface area (Å²) in [5.74, 6) is 0.476. The van der Waals surface area contributed by atoms with Gasteiger partial charge in [-0.3, -0.25) is 4.79 Å². The maximum absolute atomic E-state index is 12.7. The standard InChI is InChI=1S/C13H25N3O2/c1-8-9(2)18-10(3)12(8)13(17)16-5-4-15-7-11(16)6-14/h8-12,15H,4-7,14H2,1-3H3. The van der Waals surface area contributed by atoms with Gasteiger partial charge in [-0.1, -0.05) is 6.92 Å². The summed E-state index contributed by atoms with van der Waals surface area (Å²) in [6.07, 6.45) is 0.170. The Morgan fingerprint density at radius 2 is 2.11 bits per heavy atom. The van der Waals surface area contributed by atoms with Gasteiger partial charge in [-0.2, -0.15) is 0 Å². The minimum absolute atomic E-state index is 0.0100. The van der Waals surface area contributed by atoms with E-state index in [2.05, 4.69) is 12.2 Å². The molecule has 104 valence electrons. The Bertz CT molecular complexity index is 311. The first-order valence-electron chi connectivity index (χ1n) is 6.93. The van der Waals surface area contributed by atoms with E-state index in [1.807, 2.05) is 18.7 Å². The van der Waals surface area contributed by atoms with Crippen molar-refractivity contribution in [1.82, 2.24) is 10.2 Å². The van der Waals surface area contributed by atoms with E-state index < -0.39 is 0 Å². The van der Waals surface area contributed by atoms with Crippen LogP contribution in [0.3, 0.4) is 0 Å². The Morgan fingerprint density at radius 1 is 1.39 bits per heavy atom. The molecule has 0 saturated carbocycles. The monoisotopic (exact) mass is 255 g/mol. The summed E-state index contributed by atoms with van der Waals surface area (Å²) in [4.78, 5) is 14.7. The van der Waals surface area contributed by atoms with Crippen molar-refractivity contribution in [3.8, 4) is 0 Å². The van der Waals surface area contributed by atoms with Crippen LogP contribution in [-0.4, -0.2) is 55.2 Å². The zero-order valence-electron chi connectivity index (χ0n) is 11.6. The third-order valence-electron chi connectivity index (χ3n) is 4.43. The molecule has 2 fully saturated rings. The number of carbonyl (C=O) groups excluding carboxylic acids is 1. The van der Waals surface area contributed by atoms with Gasteiger partial charge in [-0.05, 0) is 19.8 Å². The Morgan fingerprint density at radius 3 is 2.67 bits per heavy atom. The number of ether oxygens (including phenoxy) is 1. The number of rotatable bonds is 2. The smallest absolute Gasteiger partial charge is 0.229 e. The molecule has 0 bridgehead atoms. The van der Waals surface area contributed by atoms with E-state index in [0.717, 1.165) is 19.6 Å². The van der Waals surface area contributed by atoms with Crippen molar-refractivity contribution in [3.63, 3.8) is 0 Å². The summed E-state index contributed by atoms with van der Waals surface area (Å²) in [6.45, 7) is 9.09. The summed E-state index contributed by atoms with van der Waals surface area (Å²) < 4.78 is 5.77. The summed E-state index contributed by atoms with van der Waals surface area (Å²) in [6, 6.07) is 0.126. The highest BCUT2D eigenvalue weighted by Crippen LogP contribution is 2.33. The highest BCUT2D eigenvalue weighted by Gasteiger charge is 2.44. The molecular weight excluding hydrogens is 230 g/mol. The fourth-order valence-corrected chi connectivity index (χ4v) is 3.15. The summed E-state index contributed by atoms with van der Waals surface area (Å²) in [5, 5.41) is 3.29. The molecule has 5 atom stereocenters. The third kappa shape index (κ3) is 2.39. The molecule has 3 N–H and O–H groups in total. The number of nitrogens with one attached hydrogen (secondary N) is 1. The summed E-state index contributed by atoms with van der Waals surface area (Å²) in [5.41, 5.74) is 5.76. The van der Waals surface area contributed by atoms with Gasteiger partial charge >= 0.3 is 0 Å². The van der Waals surface area contributed by atoms with Gasteiger partial charge in [0.25, 0.3) is 0 Å². The first-order chi connectivity index (χ1) is 8.56. The van der Waals surface area contributed by atoms with Gasteiger partial charge in [0.05, 0.1) is 24.2 Å². The Hall–Kier alpha value is -0.650. The van der Waals surface area contributed by atoms with Gasteiger partial charge in [0.15, 0.2) is 0 Å². The molecule has 1 amide bonds. The van der Waals surface area contributed by atoms with Crippen LogP contribution in [0.1, 0.15) is 20.8 Å². The molecule has 0 aromatic carbocycles. The van der Waals surface area contributed by atoms with E-state index in [1.165, 1.54) is 0 Å². The lowest BCUT2D eigenvalue weighted by atomic mass is 9.87. The predicted molar refractivity (Wildman–Crippen MR) is 70.1 cm³/mol. The van der Waals surface area contributed by atoms with Crippen molar-refractivity contribution in [2.45, 2.75) is 39.0 Å². The number of hydrogen-bond acceptors (Lipinski definition) is 4. The molecule has 5 nitrogen and oxygen atoms in total. The lowest BCUT2D eigenvalue weighted by molar-refractivity contribution is -0.141. The highest BCUT2D eigenvalue weighted by atomic mass is 16.5. The average Bonchev–Trinajstić information content (AvgIpc) is 2.62. The quantitative estimate of drug-likeness (QED) is 0.717. The van der Waals surface area contributed by atoms with E-state index in [1.54, 1.807) is 0 Å². The molecule has 5 unspecified atom stereocenters. The van der Waals surface area contributed by atoms with Crippen LogP contribution in [0.25, 0.3) is 0 Å². The molecule has 2 rings (SSSR count). The maximum atomic E-state index is 12.7. The van der Waals surface area contributed by atoms with Crippen molar-refractivity contribution in [2.24, 2.45) is 17.6 Å². The van der Waals surface area contributed by atoms with Gasteiger partial charge in [-0.15, -0.1) is 0 Å². The Labute approximate surface area is 109 Å². The predicted octanol–water partition coefficient (Wildman–Crippen LogP) is -0.195. The van der Waals surface area contributed by atoms with Crippen LogP contribution in [0.2, 0.25) is 0 Å². The van der Waals surface area contributed by atoms with Crippen LogP contribution >= 0.6 is 0 Å². The van der Waals surface area contributed by atoms with E-state index in [0.29, 0.717) is 6.54 Å². The van der Waals surface area contributed by atoms with E-state index >= 15 is 0 Å². The molecule has 0 aliphatic carbocycles. The molecule has 5 heteroatoms. The molecule has 2 heterocycles. The fourth-order valence-electron chi connectivity index (χ4n) is 3.15. The molecular formula is C13H25N3O2. The maximum Gasteiger partial charge on any atom is 0.229 e. The molecule has 0 spiro atoms. The van der Waals surface area contributed by atoms with Crippen molar-refractivity contribution in [3.05, 3.63) is 0 Å². The highest BCUT2D eigenvalue weighted by molar-refractivity contribution is 5.80. The van der Waals surface area contributed by atoms with E-state index in [-0.39, 0.29) is 36.0 Å². The van der Waals surface area contributed by atoms with Gasteiger partial charge in [0.2, 0.25) is 5.91 Å². The zero-order chi connectivity index (χ0) is 13.3. The van der Waals surface area contributed by atoms with Crippen LogP contribution in [-0.2, 0) is 9.53 Å². The first kappa shape index (κ1) is 13.8. The van der Waals surface area contributed by atoms with E-state index in [9.17, 15) is 4.79 Å². The minimum atomic E-state index is -0.0212. The van der Waals surface area contributed by atoms with Crippen LogP contribution in [0.15, 0.2) is 0 Å². The van der Waals surface area contributed by atoms with Crippen molar-refractivity contribution >= 4 is 5.91 Å². The normalized spacial score (nSPS) is 41.1. The molecule has 0 radical (unpaired) electrons. The molecule has 0 aromatic rings. The second kappa shape index (κ2) is 5.55. The van der Waals surface area contributed by atoms with Crippen LogP contribution < -0.4 is 11.1 Å². The average molecular weight is 255 g/mol. The largest absolute Gasteiger partial charge is 0.374 e. The van der Waals surface area contributed by atoms with Crippen LogP contribution in [0.5, 0.6) is 0 Å².